The molecule has 0 aromatic heterocycles. The largest absolute Gasteiger partial charge is 0.508 e. The van der Waals surface area contributed by atoms with E-state index in [2.05, 4.69) is 6.92 Å². The summed E-state index contributed by atoms with van der Waals surface area (Å²) in [5.41, 5.74) is 8.94. The van der Waals surface area contributed by atoms with E-state index in [4.69, 9.17) is 10.5 Å². The Hall–Kier alpha value is -1.06. The zero-order valence-corrected chi connectivity index (χ0v) is 8.99. The van der Waals surface area contributed by atoms with Crippen LogP contribution < -0.4 is 5.73 Å². The number of phenolic OH excluding ortho intramolecular Hbond substituents is 1. The maximum Gasteiger partial charge on any atom is 0.119 e. The van der Waals surface area contributed by atoms with Gasteiger partial charge in [-0.25, -0.2) is 0 Å². The van der Waals surface area contributed by atoms with E-state index in [1.165, 1.54) is 5.56 Å². The number of hydrogen-bond acceptors (Lipinski definition) is 3. The fourth-order valence-electron chi connectivity index (χ4n) is 2.21. The molecule has 3 N–H and O–H groups in total. The van der Waals surface area contributed by atoms with E-state index in [1.54, 1.807) is 6.07 Å². The average Bonchev–Trinajstić information content (AvgIpc) is 2.65. The molecule has 1 atom stereocenters. The second kappa shape index (κ2) is 4.21. The fraction of sp³-hybridized carbons (Fsp3) is 0.500. The van der Waals surface area contributed by atoms with Gasteiger partial charge in [-0.15, -0.1) is 0 Å². The third kappa shape index (κ3) is 1.85. The lowest BCUT2D eigenvalue weighted by Crippen LogP contribution is -2.07. The van der Waals surface area contributed by atoms with Crippen LogP contribution in [0.3, 0.4) is 0 Å². The normalized spacial score (nSPS) is 16.4. The molecule has 15 heavy (non-hydrogen) atoms. The van der Waals surface area contributed by atoms with Crippen molar-refractivity contribution in [1.82, 2.24) is 0 Å². The first-order valence-electron chi connectivity index (χ1n) is 5.35. The Morgan fingerprint density at radius 3 is 3.00 bits per heavy atom. The minimum Gasteiger partial charge on any atom is -0.508 e. The van der Waals surface area contributed by atoms with Gasteiger partial charge in [0.1, 0.15) is 5.75 Å². The monoisotopic (exact) mass is 207 g/mol. The molecule has 1 aromatic carbocycles. The first kappa shape index (κ1) is 10.5. The number of ether oxygens (including phenoxy) is 1. The topological polar surface area (TPSA) is 55.5 Å². The van der Waals surface area contributed by atoms with Gasteiger partial charge in [-0.2, -0.15) is 0 Å². The molecule has 0 bridgehead atoms. The van der Waals surface area contributed by atoms with Crippen LogP contribution in [0.15, 0.2) is 12.1 Å². The molecule has 0 fully saturated rings. The highest BCUT2D eigenvalue weighted by molar-refractivity contribution is 5.47. The summed E-state index contributed by atoms with van der Waals surface area (Å²) in [5.74, 6) is 0.673. The van der Waals surface area contributed by atoms with Crippen molar-refractivity contribution >= 4 is 0 Å². The van der Waals surface area contributed by atoms with Crippen molar-refractivity contribution in [2.45, 2.75) is 32.5 Å². The van der Waals surface area contributed by atoms with Gasteiger partial charge < -0.3 is 15.6 Å². The van der Waals surface area contributed by atoms with Crippen LogP contribution in [0.25, 0.3) is 0 Å². The Balaban J connectivity index is 2.40. The molecule has 0 aliphatic carbocycles. The molecule has 3 nitrogen and oxygen atoms in total. The maximum atomic E-state index is 9.88. The summed E-state index contributed by atoms with van der Waals surface area (Å²) in [5, 5.41) is 9.88. The van der Waals surface area contributed by atoms with Gasteiger partial charge in [-0.05, 0) is 36.1 Å². The molecule has 82 valence electrons. The number of hydrogen-bond donors (Lipinski definition) is 2. The molecule has 1 aromatic rings. The van der Waals surface area contributed by atoms with Crippen molar-refractivity contribution in [2.75, 3.05) is 6.54 Å². The lowest BCUT2D eigenvalue weighted by molar-refractivity contribution is 0.134. The van der Waals surface area contributed by atoms with Crippen molar-refractivity contribution in [3.8, 4) is 5.75 Å². The highest BCUT2D eigenvalue weighted by Gasteiger charge is 2.21. The number of rotatable bonds is 3. The lowest BCUT2D eigenvalue weighted by atomic mass is 9.90. The molecule has 0 saturated carbocycles. The van der Waals surface area contributed by atoms with Crippen LogP contribution in [0.2, 0.25) is 0 Å². The van der Waals surface area contributed by atoms with Crippen LogP contribution in [0, 0.1) is 0 Å². The number of fused-ring (bicyclic) bond motifs is 1. The minimum absolute atomic E-state index is 0.298. The van der Waals surface area contributed by atoms with Gasteiger partial charge in [0.05, 0.1) is 13.2 Å². The summed E-state index contributed by atoms with van der Waals surface area (Å²) in [6.45, 7) is 4.03. The molecule has 0 amide bonds. The molecule has 3 heteroatoms. The van der Waals surface area contributed by atoms with Gasteiger partial charge >= 0.3 is 0 Å². The summed E-state index contributed by atoms with van der Waals surface area (Å²) in [7, 11) is 0. The Kier molecular flexibility index (Phi) is 2.93. The number of benzene rings is 1. The lowest BCUT2D eigenvalue weighted by Gasteiger charge is -2.16. The zero-order chi connectivity index (χ0) is 10.8. The molecular formula is C12H17NO2. The van der Waals surface area contributed by atoms with Crippen molar-refractivity contribution in [3.05, 3.63) is 28.8 Å². The fourth-order valence-corrected chi connectivity index (χ4v) is 2.21. The average molecular weight is 207 g/mol. The van der Waals surface area contributed by atoms with E-state index < -0.39 is 0 Å². The van der Waals surface area contributed by atoms with Crippen LogP contribution in [0.5, 0.6) is 5.75 Å². The maximum absolute atomic E-state index is 9.88. The molecule has 0 radical (unpaired) electrons. The predicted octanol–water partition coefficient (Wildman–Crippen LogP) is 1.87. The van der Waals surface area contributed by atoms with Crippen LogP contribution in [0.4, 0.5) is 0 Å². The van der Waals surface area contributed by atoms with Gasteiger partial charge in [0, 0.05) is 5.56 Å². The SMILES string of the molecule is CC(CCN)c1c(O)ccc2c1COC2. The zero-order valence-electron chi connectivity index (χ0n) is 8.99. The third-order valence-electron chi connectivity index (χ3n) is 3.03. The Bertz CT molecular complexity index is 363. The van der Waals surface area contributed by atoms with Crippen LogP contribution >= 0.6 is 0 Å². The molecule has 2 rings (SSSR count). The van der Waals surface area contributed by atoms with E-state index in [0.29, 0.717) is 31.4 Å². The summed E-state index contributed by atoms with van der Waals surface area (Å²) in [4.78, 5) is 0. The summed E-state index contributed by atoms with van der Waals surface area (Å²) in [6, 6.07) is 3.70. The molecule has 1 aliphatic heterocycles. The summed E-state index contributed by atoms with van der Waals surface area (Å²) >= 11 is 0. The smallest absolute Gasteiger partial charge is 0.119 e. The van der Waals surface area contributed by atoms with Gasteiger partial charge in [-0.1, -0.05) is 13.0 Å². The molecule has 1 heterocycles. The first-order chi connectivity index (χ1) is 7.24. The Morgan fingerprint density at radius 1 is 1.47 bits per heavy atom. The van der Waals surface area contributed by atoms with E-state index in [-0.39, 0.29) is 0 Å². The Morgan fingerprint density at radius 2 is 2.27 bits per heavy atom. The second-order valence-electron chi connectivity index (χ2n) is 4.11. The Labute approximate surface area is 89.9 Å². The molecule has 1 unspecified atom stereocenters. The standard InChI is InChI=1S/C12H17NO2/c1-8(4-5-13)12-10-7-15-6-9(10)2-3-11(12)14/h2-3,8,14H,4-7,13H2,1H3. The van der Waals surface area contributed by atoms with Crippen molar-refractivity contribution in [2.24, 2.45) is 5.73 Å². The predicted molar refractivity (Wildman–Crippen MR) is 58.7 cm³/mol. The number of phenols is 1. The van der Waals surface area contributed by atoms with E-state index in [1.807, 2.05) is 6.07 Å². The quantitative estimate of drug-likeness (QED) is 0.795. The van der Waals surface area contributed by atoms with E-state index in [0.717, 1.165) is 17.5 Å². The third-order valence-corrected chi connectivity index (χ3v) is 3.03. The van der Waals surface area contributed by atoms with Gasteiger partial charge in [-0.3, -0.25) is 0 Å². The highest BCUT2D eigenvalue weighted by Crippen LogP contribution is 2.36. The highest BCUT2D eigenvalue weighted by atomic mass is 16.5. The second-order valence-corrected chi connectivity index (χ2v) is 4.11. The van der Waals surface area contributed by atoms with Gasteiger partial charge in [0.15, 0.2) is 0 Å². The first-order valence-corrected chi connectivity index (χ1v) is 5.35. The van der Waals surface area contributed by atoms with Crippen LogP contribution in [-0.4, -0.2) is 11.7 Å². The van der Waals surface area contributed by atoms with Crippen LogP contribution in [0.1, 0.15) is 36.0 Å². The van der Waals surface area contributed by atoms with Crippen molar-refractivity contribution < 1.29 is 9.84 Å². The van der Waals surface area contributed by atoms with E-state index >= 15 is 0 Å². The van der Waals surface area contributed by atoms with Crippen molar-refractivity contribution in [3.63, 3.8) is 0 Å². The minimum atomic E-state index is 0.298. The molecule has 0 saturated heterocycles. The number of nitrogens with two attached hydrogens (primary N) is 1. The summed E-state index contributed by atoms with van der Waals surface area (Å²) in [6.07, 6.45) is 0.893. The van der Waals surface area contributed by atoms with Crippen LogP contribution in [-0.2, 0) is 18.0 Å². The number of aromatic hydroxyl groups is 1. The van der Waals surface area contributed by atoms with Gasteiger partial charge in [0.2, 0.25) is 0 Å². The van der Waals surface area contributed by atoms with E-state index in [9.17, 15) is 5.11 Å². The molecule has 1 aliphatic rings. The molecular weight excluding hydrogens is 190 g/mol. The molecule has 0 spiro atoms. The van der Waals surface area contributed by atoms with Gasteiger partial charge in [0.25, 0.3) is 0 Å². The van der Waals surface area contributed by atoms with Crippen molar-refractivity contribution in [1.29, 1.82) is 0 Å². The summed E-state index contributed by atoms with van der Waals surface area (Å²) < 4.78 is 5.40.